The van der Waals surface area contributed by atoms with Crippen LogP contribution < -0.4 is 5.32 Å². The summed E-state index contributed by atoms with van der Waals surface area (Å²) >= 11 is 1.49. The van der Waals surface area contributed by atoms with Crippen molar-refractivity contribution in [2.24, 2.45) is 11.3 Å². The summed E-state index contributed by atoms with van der Waals surface area (Å²) in [5.74, 6) is 1.91. The Bertz CT molecular complexity index is 664. The van der Waals surface area contributed by atoms with Crippen molar-refractivity contribution in [3.8, 4) is 0 Å². The molecule has 0 bridgehead atoms. The van der Waals surface area contributed by atoms with Crippen LogP contribution in [0.3, 0.4) is 0 Å². The fourth-order valence-corrected chi connectivity index (χ4v) is 4.15. The van der Waals surface area contributed by atoms with Gasteiger partial charge in [-0.3, -0.25) is 14.9 Å². The van der Waals surface area contributed by atoms with E-state index in [0.717, 1.165) is 16.5 Å². The third-order valence-corrected chi connectivity index (χ3v) is 5.85. The van der Waals surface area contributed by atoms with Crippen LogP contribution in [0, 0.1) is 11.3 Å². The van der Waals surface area contributed by atoms with Crippen LogP contribution in [0.4, 0.5) is 5.82 Å². The number of carbonyl (C=O) groups is 1. The Labute approximate surface area is 147 Å². The molecule has 0 saturated heterocycles. The summed E-state index contributed by atoms with van der Waals surface area (Å²) in [6, 6.07) is 1.99. The van der Waals surface area contributed by atoms with Gasteiger partial charge in [0, 0.05) is 28.8 Å². The maximum absolute atomic E-state index is 12.0. The highest BCUT2D eigenvalue weighted by Gasteiger charge is 2.30. The van der Waals surface area contributed by atoms with Gasteiger partial charge < -0.3 is 5.32 Å². The third-order valence-electron chi connectivity index (χ3n) is 5.08. The zero-order chi connectivity index (χ0) is 17.2. The fourth-order valence-electron chi connectivity index (χ4n) is 3.55. The molecule has 0 spiro atoms. The molecule has 0 aromatic carbocycles. The average molecular weight is 347 g/mol. The van der Waals surface area contributed by atoms with Crippen molar-refractivity contribution in [3.63, 3.8) is 0 Å². The van der Waals surface area contributed by atoms with Crippen molar-refractivity contribution >= 4 is 23.1 Å². The number of hydrogen-bond donors (Lipinski definition) is 2. The molecule has 2 N–H and O–H groups in total. The second-order valence-electron chi connectivity index (χ2n) is 7.82. The van der Waals surface area contributed by atoms with E-state index in [1.165, 1.54) is 37.0 Å². The van der Waals surface area contributed by atoms with Gasteiger partial charge in [-0.15, -0.1) is 11.3 Å². The van der Waals surface area contributed by atoms with Gasteiger partial charge in [-0.05, 0) is 37.0 Å². The van der Waals surface area contributed by atoms with E-state index in [1.54, 1.807) is 11.7 Å². The number of thiazole rings is 1. The normalized spacial score (nSPS) is 21.6. The SMILES string of the molecule is CC(C)(C)C1CCC(c2cc(NC(=O)Cc3cncs3)n[nH]2)CC1. The quantitative estimate of drug-likeness (QED) is 0.863. The lowest BCUT2D eigenvalue weighted by Crippen LogP contribution is -2.25. The number of nitrogens with one attached hydrogen (secondary N) is 2. The maximum Gasteiger partial charge on any atom is 0.230 e. The molecule has 1 aliphatic rings. The van der Waals surface area contributed by atoms with Crippen molar-refractivity contribution < 1.29 is 4.79 Å². The number of amides is 1. The highest BCUT2D eigenvalue weighted by molar-refractivity contribution is 7.09. The average Bonchev–Trinajstić information content (AvgIpc) is 3.18. The minimum atomic E-state index is -0.0475. The molecule has 1 aliphatic carbocycles. The predicted molar refractivity (Wildman–Crippen MR) is 97.2 cm³/mol. The summed E-state index contributed by atoms with van der Waals surface area (Å²) in [5, 5.41) is 10.2. The van der Waals surface area contributed by atoms with Gasteiger partial charge in [0.1, 0.15) is 0 Å². The topological polar surface area (TPSA) is 70.7 Å². The van der Waals surface area contributed by atoms with Crippen LogP contribution >= 0.6 is 11.3 Å². The van der Waals surface area contributed by atoms with Crippen LogP contribution in [0.2, 0.25) is 0 Å². The van der Waals surface area contributed by atoms with Crippen LogP contribution in [0.25, 0.3) is 0 Å². The van der Waals surface area contributed by atoms with E-state index in [1.807, 2.05) is 6.07 Å². The van der Waals surface area contributed by atoms with Gasteiger partial charge in [0.05, 0.1) is 11.9 Å². The first-order valence-electron chi connectivity index (χ1n) is 8.64. The van der Waals surface area contributed by atoms with E-state index in [9.17, 15) is 4.79 Å². The Balaban J connectivity index is 1.53. The monoisotopic (exact) mass is 346 g/mol. The number of rotatable bonds is 4. The highest BCUT2D eigenvalue weighted by atomic mass is 32.1. The number of carbonyl (C=O) groups excluding carboxylic acids is 1. The van der Waals surface area contributed by atoms with E-state index in [2.05, 4.69) is 41.3 Å². The van der Waals surface area contributed by atoms with Gasteiger partial charge in [-0.1, -0.05) is 20.8 Å². The molecule has 0 radical (unpaired) electrons. The van der Waals surface area contributed by atoms with Crippen molar-refractivity contribution in [1.29, 1.82) is 0 Å². The Kier molecular flexibility index (Phi) is 5.04. The van der Waals surface area contributed by atoms with Crippen molar-refractivity contribution in [2.45, 2.75) is 58.8 Å². The third kappa shape index (κ3) is 4.23. The highest BCUT2D eigenvalue weighted by Crippen LogP contribution is 2.42. The second kappa shape index (κ2) is 7.05. The number of nitrogens with zero attached hydrogens (tertiary/aromatic N) is 2. The standard InChI is InChI=1S/C18H26N4OS/c1-18(2,3)13-6-4-12(5-7-13)15-9-16(22-21-15)20-17(23)8-14-10-19-11-24-14/h9-13H,4-8H2,1-3H3,(H2,20,21,22,23). The number of H-pyrrole nitrogens is 1. The number of aromatic nitrogens is 3. The van der Waals surface area contributed by atoms with Gasteiger partial charge in [-0.25, -0.2) is 0 Å². The molecule has 24 heavy (non-hydrogen) atoms. The summed E-state index contributed by atoms with van der Waals surface area (Å²) < 4.78 is 0. The lowest BCUT2D eigenvalue weighted by molar-refractivity contribution is -0.115. The zero-order valence-corrected chi connectivity index (χ0v) is 15.4. The smallest absolute Gasteiger partial charge is 0.230 e. The Morgan fingerprint density at radius 3 is 2.71 bits per heavy atom. The summed E-state index contributed by atoms with van der Waals surface area (Å²) in [6.07, 6.45) is 6.99. The van der Waals surface area contributed by atoms with Gasteiger partial charge in [-0.2, -0.15) is 5.10 Å². The van der Waals surface area contributed by atoms with Gasteiger partial charge >= 0.3 is 0 Å². The molecule has 1 amide bonds. The molecular formula is C18H26N4OS. The molecule has 2 aromatic rings. The summed E-state index contributed by atoms with van der Waals surface area (Å²) in [5.41, 5.74) is 3.29. The second-order valence-corrected chi connectivity index (χ2v) is 8.79. The summed E-state index contributed by atoms with van der Waals surface area (Å²) in [4.78, 5) is 17.0. The van der Waals surface area contributed by atoms with Crippen molar-refractivity contribution in [3.05, 3.63) is 28.3 Å². The molecule has 1 saturated carbocycles. The van der Waals surface area contributed by atoms with Crippen LogP contribution in [0.15, 0.2) is 17.8 Å². The van der Waals surface area contributed by atoms with Crippen molar-refractivity contribution in [1.82, 2.24) is 15.2 Å². The molecule has 6 heteroatoms. The first-order chi connectivity index (χ1) is 11.4. The lowest BCUT2D eigenvalue weighted by atomic mass is 9.69. The van der Waals surface area contributed by atoms with E-state index in [-0.39, 0.29) is 5.91 Å². The van der Waals surface area contributed by atoms with Gasteiger partial charge in [0.2, 0.25) is 5.91 Å². The number of anilines is 1. The minimum absolute atomic E-state index is 0.0475. The summed E-state index contributed by atoms with van der Waals surface area (Å²) in [7, 11) is 0. The minimum Gasteiger partial charge on any atom is -0.309 e. The molecule has 2 heterocycles. The molecule has 0 aliphatic heterocycles. The number of aromatic amines is 1. The molecule has 0 unspecified atom stereocenters. The van der Waals surface area contributed by atoms with Crippen LogP contribution in [0.5, 0.6) is 0 Å². The van der Waals surface area contributed by atoms with Crippen LogP contribution in [-0.2, 0) is 11.2 Å². The van der Waals surface area contributed by atoms with Crippen LogP contribution in [-0.4, -0.2) is 21.1 Å². The number of hydrogen-bond acceptors (Lipinski definition) is 4. The Morgan fingerprint density at radius 2 is 2.08 bits per heavy atom. The molecule has 2 aromatic heterocycles. The molecule has 0 atom stereocenters. The summed E-state index contributed by atoms with van der Waals surface area (Å²) in [6.45, 7) is 7.01. The van der Waals surface area contributed by atoms with E-state index in [4.69, 9.17) is 0 Å². The molecular weight excluding hydrogens is 320 g/mol. The fraction of sp³-hybridized carbons (Fsp3) is 0.611. The molecule has 130 valence electrons. The van der Waals surface area contributed by atoms with E-state index < -0.39 is 0 Å². The maximum atomic E-state index is 12.0. The van der Waals surface area contributed by atoms with E-state index >= 15 is 0 Å². The Hall–Kier alpha value is -1.69. The molecule has 1 fully saturated rings. The Morgan fingerprint density at radius 1 is 1.33 bits per heavy atom. The van der Waals surface area contributed by atoms with E-state index in [0.29, 0.717) is 23.6 Å². The predicted octanol–water partition coefficient (Wildman–Crippen LogP) is 4.37. The first kappa shape index (κ1) is 17.1. The zero-order valence-electron chi connectivity index (χ0n) is 14.6. The molecule has 3 rings (SSSR count). The van der Waals surface area contributed by atoms with Crippen LogP contribution in [0.1, 0.15) is 62.9 Å². The van der Waals surface area contributed by atoms with Gasteiger partial charge in [0.25, 0.3) is 0 Å². The first-order valence-corrected chi connectivity index (χ1v) is 9.52. The largest absolute Gasteiger partial charge is 0.309 e. The van der Waals surface area contributed by atoms with Gasteiger partial charge in [0.15, 0.2) is 5.82 Å². The lowest BCUT2D eigenvalue weighted by Gasteiger charge is -2.36. The molecule has 5 nitrogen and oxygen atoms in total. The van der Waals surface area contributed by atoms with Crippen molar-refractivity contribution in [2.75, 3.05) is 5.32 Å².